The van der Waals surface area contributed by atoms with Crippen molar-refractivity contribution in [2.75, 3.05) is 13.2 Å². The standard InChI is InChI=1S/C16H21N3O4/c1-11-4-2-5-12(10-11)23-9-3-8-17-14(20)7-6-13-15(21)19-16(22)18-13/h2,4-5,10,13H,3,6-9H2,1H3,(H,17,20)(H2,18,19,21,22). The van der Waals surface area contributed by atoms with Crippen LogP contribution in [-0.4, -0.2) is 37.0 Å². The molecule has 124 valence electrons. The molecule has 3 N–H and O–H groups in total. The molecule has 0 saturated carbocycles. The van der Waals surface area contributed by atoms with Crippen LogP contribution in [-0.2, 0) is 9.59 Å². The van der Waals surface area contributed by atoms with Gasteiger partial charge in [0, 0.05) is 13.0 Å². The van der Waals surface area contributed by atoms with E-state index in [1.54, 1.807) is 0 Å². The molecule has 0 bridgehead atoms. The van der Waals surface area contributed by atoms with Crippen molar-refractivity contribution in [1.82, 2.24) is 16.0 Å². The van der Waals surface area contributed by atoms with Crippen molar-refractivity contribution in [3.63, 3.8) is 0 Å². The van der Waals surface area contributed by atoms with Crippen molar-refractivity contribution < 1.29 is 19.1 Å². The number of aryl methyl sites for hydroxylation is 1. The Morgan fingerprint density at radius 2 is 2.17 bits per heavy atom. The highest BCUT2D eigenvalue weighted by atomic mass is 16.5. The van der Waals surface area contributed by atoms with E-state index in [1.807, 2.05) is 31.2 Å². The molecule has 1 aromatic carbocycles. The largest absolute Gasteiger partial charge is 0.494 e. The van der Waals surface area contributed by atoms with Crippen molar-refractivity contribution in [2.24, 2.45) is 0 Å². The molecule has 7 nitrogen and oxygen atoms in total. The number of imide groups is 1. The Morgan fingerprint density at radius 3 is 2.87 bits per heavy atom. The summed E-state index contributed by atoms with van der Waals surface area (Å²) in [5.74, 6) is 0.295. The number of hydrogen-bond acceptors (Lipinski definition) is 4. The normalized spacial score (nSPS) is 16.7. The minimum atomic E-state index is -0.613. The predicted molar refractivity (Wildman–Crippen MR) is 84.0 cm³/mol. The molecule has 1 fully saturated rings. The molecule has 0 radical (unpaired) electrons. The Labute approximate surface area is 134 Å². The van der Waals surface area contributed by atoms with Crippen LogP contribution in [0.15, 0.2) is 24.3 Å². The van der Waals surface area contributed by atoms with Crippen LogP contribution in [0.1, 0.15) is 24.8 Å². The van der Waals surface area contributed by atoms with Crippen molar-refractivity contribution in [3.8, 4) is 5.75 Å². The fraction of sp³-hybridized carbons (Fsp3) is 0.438. The average molecular weight is 319 g/mol. The monoisotopic (exact) mass is 319 g/mol. The van der Waals surface area contributed by atoms with Crippen LogP contribution in [0.3, 0.4) is 0 Å². The van der Waals surface area contributed by atoms with Crippen molar-refractivity contribution in [3.05, 3.63) is 29.8 Å². The van der Waals surface area contributed by atoms with Gasteiger partial charge < -0.3 is 15.4 Å². The van der Waals surface area contributed by atoms with Gasteiger partial charge in [0.05, 0.1) is 6.61 Å². The molecule has 1 saturated heterocycles. The highest BCUT2D eigenvalue weighted by molar-refractivity contribution is 6.04. The number of carbonyl (C=O) groups excluding carboxylic acids is 3. The summed E-state index contributed by atoms with van der Waals surface area (Å²) in [5.41, 5.74) is 1.14. The summed E-state index contributed by atoms with van der Waals surface area (Å²) in [5, 5.41) is 7.36. The summed E-state index contributed by atoms with van der Waals surface area (Å²) in [6.45, 7) is 3.03. The zero-order valence-corrected chi connectivity index (χ0v) is 13.1. The molecule has 0 spiro atoms. The lowest BCUT2D eigenvalue weighted by Crippen LogP contribution is -2.32. The van der Waals surface area contributed by atoms with E-state index in [2.05, 4.69) is 16.0 Å². The smallest absolute Gasteiger partial charge is 0.322 e. The van der Waals surface area contributed by atoms with Gasteiger partial charge in [0.1, 0.15) is 11.8 Å². The summed E-state index contributed by atoms with van der Waals surface area (Å²) >= 11 is 0. The van der Waals surface area contributed by atoms with Gasteiger partial charge in [-0.25, -0.2) is 4.79 Å². The Morgan fingerprint density at radius 1 is 1.35 bits per heavy atom. The molecule has 1 heterocycles. The first-order valence-corrected chi connectivity index (χ1v) is 7.62. The van der Waals surface area contributed by atoms with Gasteiger partial charge in [0.2, 0.25) is 5.91 Å². The molecule has 1 atom stereocenters. The number of nitrogens with one attached hydrogen (secondary N) is 3. The zero-order valence-electron chi connectivity index (χ0n) is 13.1. The van der Waals surface area contributed by atoms with Crippen LogP contribution in [0.2, 0.25) is 0 Å². The molecule has 1 aliphatic heterocycles. The van der Waals surface area contributed by atoms with E-state index in [1.165, 1.54) is 0 Å². The SMILES string of the molecule is Cc1cccc(OCCCNC(=O)CCC2NC(=O)NC2=O)c1. The molecular formula is C16H21N3O4. The highest BCUT2D eigenvalue weighted by Crippen LogP contribution is 2.12. The molecule has 1 unspecified atom stereocenters. The Hall–Kier alpha value is -2.57. The second-order valence-corrected chi connectivity index (χ2v) is 5.42. The zero-order chi connectivity index (χ0) is 16.7. The lowest BCUT2D eigenvalue weighted by Gasteiger charge is -2.09. The van der Waals surface area contributed by atoms with Gasteiger partial charge in [-0.05, 0) is 37.5 Å². The van der Waals surface area contributed by atoms with Gasteiger partial charge in [-0.15, -0.1) is 0 Å². The van der Waals surface area contributed by atoms with Gasteiger partial charge in [0.15, 0.2) is 0 Å². The summed E-state index contributed by atoms with van der Waals surface area (Å²) in [4.78, 5) is 33.9. The maximum Gasteiger partial charge on any atom is 0.322 e. The van der Waals surface area contributed by atoms with E-state index in [9.17, 15) is 14.4 Å². The Bertz CT molecular complexity index is 588. The minimum absolute atomic E-state index is 0.144. The fourth-order valence-electron chi connectivity index (χ4n) is 2.22. The molecular weight excluding hydrogens is 298 g/mol. The fourth-order valence-corrected chi connectivity index (χ4v) is 2.22. The quantitative estimate of drug-likeness (QED) is 0.489. The first-order valence-electron chi connectivity index (χ1n) is 7.62. The van der Waals surface area contributed by atoms with Crippen LogP contribution < -0.4 is 20.7 Å². The summed E-state index contributed by atoms with van der Waals surface area (Å²) in [6, 6.07) is 6.67. The number of benzene rings is 1. The third kappa shape index (κ3) is 5.61. The molecule has 1 aliphatic rings. The maximum atomic E-state index is 11.7. The molecule has 0 aliphatic carbocycles. The van der Waals surface area contributed by atoms with Crippen LogP contribution in [0.4, 0.5) is 4.79 Å². The van der Waals surface area contributed by atoms with E-state index in [4.69, 9.17) is 4.74 Å². The minimum Gasteiger partial charge on any atom is -0.494 e. The number of hydrogen-bond donors (Lipinski definition) is 3. The second kappa shape index (κ2) is 8.17. The molecule has 7 heteroatoms. The third-order valence-corrected chi connectivity index (χ3v) is 3.42. The summed E-state index contributed by atoms with van der Waals surface area (Å²) in [6.07, 6.45) is 1.18. The van der Waals surface area contributed by atoms with E-state index in [0.29, 0.717) is 26.0 Å². The average Bonchev–Trinajstić information content (AvgIpc) is 2.83. The molecule has 0 aromatic heterocycles. The highest BCUT2D eigenvalue weighted by Gasteiger charge is 2.29. The van der Waals surface area contributed by atoms with Gasteiger partial charge in [-0.1, -0.05) is 12.1 Å². The number of amides is 4. The van der Waals surface area contributed by atoms with Crippen molar-refractivity contribution in [2.45, 2.75) is 32.2 Å². The topological polar surface area (TPSA) is 96.5 Å². The van der Waals surface area contributed by atoms with Crippen LogP contribution >= 0.6 is 0 Å². The van der Waals surface area contributed by atoms with Gasteiger partial charge >= 0.3 is 6.03 Å². The third-order valence-electron chi connectivity index (χ3n) is 3.42. The van der Waals surface area contributed by atoms with E-state index < -0.39 is 12.1 Å². The maximum absolute atomic E-state index is 11.7. The number of rotatable bonds is 8. The van der Waals surface area contributed by atoms with Gasteiger partial charge in [0.25, 0.3) is 5.91 Å². The predicted octanol–water partition coefficient (Wildman–Crippen LogP) is 0.868. The molecule has 23 heavy (non-hydrogen) atoms. The lowest BCUT2D eigenvalue weighted by molar-refractivity contribution is -0.122. The first-order chi connectivity index (χ1) is 11.0. The van der Waals surface area contributed by atoms with Crippen molar-refractivity contribution in [1.29, 1.82) is 0 Å². The van der Waals surface area contributed by atoms with Crippen LogP contribution in [0.25, 0.3) is 0 Å². The first kappa shape index (κ1) is 16.8. The van der Waals surface area contributed by atoms with E-state index in [-0.39, 0.29) is 18.2 Å². The molecule has 2 rings (SSSR count). The summed E-state index contributed by atoms with van der Waals surface area (Å²) in [7, 11) is 0. The van der Waals surface area contributed by atoms with Gasteiger partial charge in [-0.3, -0.25) is 14.9 Å². The number of ether oxygens (including phenoxy) is 1. The van der Waals surface area contributed by atoms with E-state index >= 15 is 0 Å². The van der Waals surface area contributed by atoms with Crippen LogP contribution in [0.5, 0.6) is 5.75 Å². The number of urea groups is 1. The lowest BCUT2D eigenvalue weighted by atomic mass is 10.1. The van der Waals surface area contributed by atoms with E-state index in [0.717, 1.165) is 11.3 Å². The van der Waals surface area contributed by atoms with Crippen LogP contribution in [0, 0.1) is 6.92 Å². The Balaban J connectivity index is 1.55. The van der Waals surface area contributed by atoms with Gasteiger partial charge in [-0.2, -0.15) is 0 Å². The Kier molecular flexibility index (Phi) is 5.96. The number of carbonyl (C=O) groups is 3. The molecule has 4 amide bonds. The summed E-state index contributed by atoms with van der Waals surface area (Å²) < 4.78 is 5.58. The van der Waals surface area contributed by atoms with Crippen molar-refractivity contribution >= 4 is 17.8 Å². The molecule has 1 aromatic rings. The second-order valence-electron chi connectivity index (χ2n) is 5.42.